The number of halogens is 1. The van der Waals surface area contributed by atoms with Crippen LogP contribution in [0.2, 0.25) is 0 Å². The first-order valence-electron chi connectivity index (χ1n) is 5.21. The van der Waals surface area contributed by atoms with Gasteiger partial charge in [0.2, 0.25) is 5.95 Å². The summed E-state index contributed by atoms with van der Waals surface area (Å²) in [4.78, 5) is 7.38. The van der Waals surface area contributed by atoms with Crippen LogP contribution in [0.3, 0.4) is 0 Å². The number of anilines is 3. The molecule has 3 N–H and O–H groups in total. The van der Waals surface area contributed by atoms with E-state index in [4.69, 9.17) is 5.73 Å². The molecule has 2 rings (SSSR count). The van der Waals surface area contributed by atoms with Crippen LogP contribution < -0.4 is 11.1 Å². The summed E-state index contributed by atoms with van der Waals surface area (Å²) < 4.78 is 36.0. The second kappa shape index (κ2) is 4.81. The molecule has 0 saturated heterocycles. The second-order valence-corrected chi connectivity index (χ2v) is 5.86. The molecule has 0 aliphatic rings. The van der Waals surface area contributed by atoms with Gasteiger partial charge in [-0.15, -0.1) is 0 Å². The first-order chi connectivity index (χ1) is 8.86. The standard InChI is InChI=1S/C11H11FN4O2S/c1-19(17,18)8-4-2-7(3-5-8)15-10-9(12)6-14-11(13)16-10/h2-6H,1H3,(H3,13,14,15,16). The van der Waals surface area contributed by atoms with Gasteiger partial charge in [0.15, 0.2) is 21.5 Å². The summed E-state index contributed by atoms with van der Waals surface area (Å²) >= 11 is 0. The maximum absolute atomic E-state index is 13.4. The molecular weight excluding hydrogens is 271 g/mol. The smallest absolute Gasteiger partial charge is 0.222 e. The third-order valence-corrected chi connectivity index (χ3v) is 3.44. The molecule has 0 unspecified atom stereocenters. The van der Waals surface area contributed by atoms with Crippen molar-refractivity contribution in [1.29, 1.82) is 0 Å². The van der Waals surface area contributed by atoms with Gasteiger partial charge < -0.3 is 11.1 Å². The predicted octanol–water partition coefficient (Wildman–Crippen LogP) is 1.34. The molecule has 1 aromatic heterocycles. The minimum Gasteiger partial charge on any atom is -0.368 e. The summed E-state index contributed by atoms with van der Waals surface area (Å²) in [5.41, 5.74) is 5.84. The molecule has 0 saturated carbocycles. The summed E-state index contributed by atoms with van der Waals surface area (Å²) in [5.74, 6) is -0.780. The van der Waals surface area contributed by atoms with Crippen molar-refractivity contribution >= 4 is 27.3 Å². The van der Waals surface area contributed by atoms with E-state index in [0.717, 1.165) is 12.5 Å². The third-order valence-electron chi connectivity index (χ3n) is 2.31. The molecule has 0 spiro atoms. The molecule has 0 amide bonds. The van der Waals surface area contributed by atoms with Gasteiger partial charge in [-0.1, -0.05) is 0 Å². The van der Waals surface area contributed by atoms with E-state index in [0.29, 0.717) is 5.69 Å². The van der Waals surface area contributed by atoms with Crippen molar-refractivity contribution < 1.29 is 12.8 Å². The zero-order valence-corrected chi connectivity index (χ0v) is 10.8. The molecule has 2 aromatic rings. The van der Waals surface area contributed by atoms with Crippen LogP contribution in [-0.4, -0.2) is 24.6 Å². The Hall–Kier alpha value is -2.22. The largest absolute Gasteiger partial charge is 0.368 e. The van der Waals surface area contributed by atoms with Crippen LogP contribution in [0.25, 0.3) is 0 Å². The highest BCUT2D eigenvalue weighted by Crippen LogP contribution is 2.19. The molecule has 19 heavy (non-hydrogen) atoms. The second-order valence-electron chi connectivity index (χ2n) is 3.85. The molecule has 1 heterocycles. The lowest BCUT2D eigenvalue weighted by atomic mass is 10.3. The van der Waals surface area contributed by atoms with E-state index in [1.165, 1.54) is 24.3 Å². The van der Waals surface area contributed by atoms with Crippen molar-refractivity contribution in [3.05, 3.63) is 36.3 Å². The van der Waals surface area contributed by atoms with Crippen LogP contribution in [0.5, 0.6) is 0 Å². The molecule has 100 valence electrons. The number of nitrogens with one attached hydrogen (secondary N) is 1. The van der Waals surface area contributed by atoms with Gasteiger partial charge in [-0.05, 0) is 24.3 Å². The molecule has 1 aromatic carbocycles. The van der Waals surface area contributed by atoms with Crippen molar-refractivity contribution in [2.24, 2.45) is 0 Å². The zero-order chi connectivity index (χ0) is 14.0. The Morgan fingerprint density at radius 3 is 2.47 bits per heavy atom. The van der Waals surface area contributed by atoms with E-state index in [-0.39, 0.29) is 16.7 Å². The van der Waals surface area contributed by atoms with Gasteiger partial charge in [0, 0.05) is 11.9 Å². The van der Waals surface area contributed by atoms with E-state index in [1.54, 1.807) is 0 Å². The zero-order valence-electron chi connectivity index (χ0n) is 9.96. The summed E-state index contributed by atoms with van der Waals surface area (Å²) in [6.45, 7) is 0. The Labute approximate surface area is 109 Å². The maximum Gasteiger partial charge on any atom is 0.222 e. The third kappa shape index (κ3) is 3.16. The Kier molecular flexibility index (Phi) is 3.34. The number of aromatic nitrogens is 2. The summed E-state index contributed by atoms with van der Waals surface area (Å²) in [6, 6.07) is 5.85. The number of hydrogen-bond acceptors (Lipinski definition) is 6. The summed E-state index contributed by atoms with van der Waals surface area (Å²) in [6.07, 6.45) is 2.07. The van der Waals surface area contributed by atoms with Crippen LogP contribution in [0.4, 0.5) is 21.8 Å². The lowest BCUT2D eigenvalue weighted by Crippen LogP contribution is -2.03. The number of nitrogens with zero attached hydrogens (tertiary/aromatic N) is 2. The Morgan fingerprint density at radius 2 is 1.89 bits per heavy atom. The van der Waals surface area contributed by atoms with Crippen LogP contribution >= 0.6 is 0 Å². The molecule has 6 nitrogen and oxygen atoms in total. The van der Waals surface area contributed by atoms with Crippen LogP contribution in [0.1, 0.15) is 0 Å². The van der Waals surface area contributed by atoms with E-state index >= 15 is 0 Å². The van der Waals surface area contributed by atoms with Gasteiger partial charge >= 0.3 is 0 Å². The van der Waals surface area contributed by atoms with Gasteiger partial charge in [-0.3, -0.25) is 0 Å². The first-order valence-corrected chi connectivity index (χ1v) is 7.10. The SMILES string of the molecule is CS(=O)(=O)c1ccc(Nc2nc(N)ncc2F)cc1. The van der Waals surface area contributed by atoms with Crippen molar-refractivity contribution in [2.75, 3.05) is 17.3 Å². The van der Waals surface area contributed by atoms with Crippen molar-refractivity contribution in [1.82, 2.24) is 9.97 Å². The molecule has 0 aliphatic heterocycles. The normalized spacial score (nSPS) is 11.3. The lowest BCUT2D eigenvalue weighted by molar-refractivity contribution is 0.602. The van der Waals surface area contributed by atoms with Gasteiger partial charge in [0.1, 0.15) is 0 Å². The van der Waals surface area contributed by atoms with Gasteiger partial charge in [0.25, 0.3) is 0 Å². The van der Waals surface area contributed by atoms with Crippen LogP contribution in [0.15, 0.2) is 35.4 Å². The fourth-order valence-corrected chi connectivity index (χ4v) is 2.02. The fourth-order valence-electron chi connectivity index (χ4n) is 1.39. The monoisotopic (exact) mass is 282 g/mol. The molecular formula is C11H11FN4O2S. The van der Waals surface area contributed by atoms with E-state index in [1.807, 2.05) is 0 Å². The van der Waals surface area contributed by atoms with Crippen LogP contribution in [0, 0.1) is 5.82 Å². The Bertz CT molecular complexity index is 701. The number of hydrogen-bond donors (Lipinski definition) is 2. The van der Waals surface area contributed by atoms with Gasteiger partial charge in [-0.2, -0.15) is 4.98 Å². The van der Waals surface area contributed by atoms with Crippen molar-refractivity contribution in [3.63, 3.8) is 0 Å². The molecule has 8 heteroatoms. The molecule has 0 bridgehead atoms. The molecule has 0 atom stereocenters. The number of sulfone groups is 1. The number of benzene rings is 1. The molecule has 0 fully saturated rings. The van der Waals surface area contributed by atoms with Crippen molar-refractivity contribution in [3.8, 4) is 0 Å². The van der Waals surface area contributed by atoms with Crippen molar-refractivity contribution in [2.45, 2.75) is 4.90 Å². The number of nitrogens with two attached hydrogens (primary N) is 1. The Morgan fingerprint density at radius 1 is 1.26 bits per heavy atom. The topological polar surface area (TPSA) is 98.0 Å². The van der Waals surface area contributed by atoms with Crippen LogP contribution in [-0.2, 0) is 9.84 Å². The minimum absolute atomic E-state index is 0.0587. The highest BCUT2D eigenvalue weighted by molar-refractivity contribution is 7.90. The fraction of sp³-hybridized carbons (Fsp3) is 0.0909. The highest BCUT2D eigenvalue weighted by atomic mass is 32.2. The first kappa shape index (κ1) is 13.2. The number of nitrogen functional groups attached to an aromatic ring is 1. The van der Waals surface area contributed by atoms with E-state index < -0.39 is 15.7 Å². The van der Waals surface area contributed by atoms with E-state index in [2.05, 4.69) is 15.3 Å². The lowest BCUT2D eigenvalue weighted by Gasteiger charge is -2.07. The maximum atomic E-state index is 13.4. The quantitative estimate of drug-likeness (QED) is 0.881. The molecule has 0 radical (unpaired) electrons. The minimum atomic E-state index is -3.25. The summed E-state index contributed by atoms with van der Waals surface area (Å²) in [7, 11) is -3.25. The number of rotatable bonds is 3. The van der Waals surface area contributed by atoms with Gasteiger partial charge in [0.05, 0.1) is 11.1 Å². The average Bonchev–Trinajstić information content (AvgIpc) is 2.33. The van der Waals surface area contributed by atoms with E-state index in [9.17, 15) is 12.8 Å². The Balaban J connectivity index is 2.27. The van der Waals surface area contributed by atoms with Gasteiger partial charge in [-0.25, -0.2) is 17.8 Å². The average molecular weight is 282 g/mol. The summed E-state index contributed by atoms with van der Waals surface area (Å²) in [5, 5.41) is 2.69. The molecule has 0 aliphatic carbocycles. The highest BCUT2D eigenvalue weighted by Gasteiger charge is 2.08. The predicted molar refractivity (Wildman–Crippen MR) is 69.2 cm³/mol.